The van der Waals surface area contributed by atoms with Crippen molar-refractivity contribution in [3.63, 3.8) is 0 Å². The Balaban J connectivity index is 1.49. The summed E-state index contributed by atoms with van der Waals surface area (Å²) in [6.45, 7) is 2.04. The van der Waals surface area contributed by atoms with Crippen molar-refractivity contribution < 1.29 is 14.3 Å². The zero-order chi connectivity index (χ0) is 24.6. The van der Waals surface area contributed by atoms with Gasteiger partial charge < -0.3 is 9.47 Å². The highest BCUT2D eigenvalue weighted by Crippen LogP contribution is 2.30. The van der Waals surface area contributed by atoms with Gasteiger partial charge >= 0.3 is 0 Å². The number of thioether (sulfide) groups is 1. The molecule has 1 amide bonds. The van der Waals surface area contributed by atoms with Crippen LogP contribution >= 0.6 is 11.8 Å². The zero-order valence-corrected chi connectivity index (χ0v) is 20.5. The summed E-state index contributed by atoms with van der Waals surface area (Å²) < 4.78 is 12.6. The van der Waals surface area contributed by atoms with E-state index < -0.39 is 0 Å². The number of rotatable bonds is 9. The molecule has 178 valence electrons. The molecule has 0 saturated carbocycles. The molecule has 1 aromatic heterocycles. The lowest BCUT2D eigenvalue weighted by Gasteiger charge is -2.10. The lowest BCUT2D eigenvalue weighted by Crippen LogP contribution is -2.20. The lowest BCUT2D eigenvalue weighted by atomic mass is 10.2. The third-order valence-corrected chi connectivity index (χ3v) is 6.05. The predicted molar refractivity (Wildman–Crippen MR) is 138 cm³/mol. The van der Waals surface area contributed by atoms with Crippen molar-refractivity contribution in [1.29, 1.82) is 0 Å². The van der Waals surface area contributed by atoms with Crippen LogP contribution in [0.15, 0.2) is 83.1 Å². The van der Waals surface area contributed by atoms with Crippen molar-refractivity contribution in [2.75, 3.05) is 20.0 Å². The molecule has 8 nitrogen and oxygen atoms in total. The molecule has 0 radical (unpaired) electrons. The number of amides is 1. The summed E-state index contributed by atoms with van der Waals surface area (Å²) in [7, 11) is 3.12. The standard InChI is InChI=1S/C26H25N5O3S/c1-18-12-14-21(15-13-18)31-25(19-8-5-4-6-9-19)29-30-26(31)35-17-23(32)28-27-16-20-10-7-11-22(33-2)24(20)34-3/h4-16H,17H2,1-3H3,(H,28,32). The first-order valence-corrected chi connectivity index (χ1v) is 11.8. The highest BCUT2D eigenvalue weighted by atomic mass is 32.2. The van der Waals surface area contributed by atoms with E-state index >= 15 is 0 Å². The van der Waals surface area contributed by atoms with E-state index in [-0.39, 0.29) is 11.7 Å². The van der Waals surface area contributed by atoms with Gasteiger partial charge in [0, 0.05) is 16.8 Å². The summed E-state index contributed by atoms with van der Waals surface area (Å²) in [4.78, 5) is 12.5. The first kappa shape index (κ1) is 24.0. The number of ether oxygens (including phenoxy) is 2. The fourth-order valence-electron chi connectivity index (χ4n) is 3.41. The molecular formula is C26H25N5O3S. The second-order valence-corrected chi connectivity index (χ2v) is 8.45. The van der Waals surface area contributed by atoms with Crippen molar-refractivity contribution in [2.45, 2.75) is 12.1 Å². The van der Waals surface area contributed by atoms with Crippen LogP contribution in [0.5, 0.6) is 11.5 Å². The van der Waals surface area contributed by atoms with Crippen molar-refractivity contribution in [3.8, 4) is 28.6 Å². The number of carbonyl (C=O) groups is 1. The van der Waals surface area contributed by atoms with Gasteiger partial charge in [-0.25, -0.2) is 5.43 Å². The van der Waals surface area contributed by atoms with E-state index in [1.54, 1.807) is 20.3 Å². The van der Waals surface area contributed by atoms with Crippen LogP contribution < -0.4 is 14.9 Å². The summed E-state index contributed by atoms with van der Waals surface area (Å²) in [5.41, 5.74) is 6.25. The maximum atomic E-state index is 12.5. The summed E-state index contributed by atoms with van der Waals surface area (Å²) in [5.74, 6) is 1.68. The maximum Gasteiger partial charge on any atom is 0.250 e. The molecule has 0 aliphatic carbocycles. The van der Waals surface area contributed by atoms with Crippen LogP contribution in [0.25, 0.3) is 17.1 Å². The third-order valence-electron chi connectivity index (χ3n) is 5.12. The van der Waals surface area contributed by atoms with E-state index in [4.69, 9.17) is 9.47 Å². The Morgan fingerprint density at radius 1 is 1.00 bits per heavy atom. The van der Waals surface area contributed by atoms with Crippen molar-refractivity contribution in [1.82, 2.24) is 20.2 Å². The van der Waals surface area contributed by atoms with Crippen LogP contribution in [0.4, 0.5) is 0 Å². The minimum atomic E-state index is -0.271. The van der Waals surface area contributed by atoms with Gasteiger partial charge in [-0.2, -0.15) is 5.10 Å². The molecule has 0 atom stereocenters. The average molecular weight is 488 g/mol. The lowest BCUT2D eigenvalue weighted by molar-refractivity contribution is -0.118. The van der Waals surface area contributed by atoms with Gasteiger partial charge in [-0.3, -0.25) is 9.36 Å². The normalized spacial score (nSPS) is 10.9. The molecule has 0 aliphatic heterocycles. The first-order valence-electron chi connectivity index (χ1n) is 10.8. The Hall–Kier alpha value is -4.11. The Morgan fingerprint density at radius 2 is 1.77 bits per heavy atom. The maximum absolute atomic E-state index is 12.5. The molecule has 0 unspecified atom stereocenters. The highest BCUT2D eigenvalue weighted by molar-refractivity contribution is 7.99. The van der Waals surface area contributed by atoms with Gasteiger partial charge in [0.05, 0.1) is 26.2 Å². The Kier molecular flexibility index (Phi) is 7.79. The second-order valence-electron chi connectivity index (χ2n) is 7.51. The molecule has 1 heterocycles. The van der Waals surface area contributed by atoms with Crippen LogP contribution in [0.3, 0.4) is 0 Å². The summed E-state index contributed by atoms with van der Waals surface area (Å²) in [6.07, 6.45) is 1.52. The molecule has 3 aromatic carbocycles. The van der Waals surface area contributed by atoms with Gasteiger partial charge in [0.1, 0.15) is 0 Å². The molecule has 0 spiro atoms. The second kappa shape index (κ2) is 11.3. The predicted octanol–water partition coefficient (Wildman–Crippen LogP) is 4.50. The van der Waals surface area contributed by atoms with Gasteiger partial charge in [0.25, 0.3) is 5.91 Å². The Morgan fingerprint density at radius 3 is 2.49 bits per heavy atom. The van der Waals surface area contributed by atoms with E-state index in [9.17, 15) is 4.79 Å². The molecule has 1 N–H and O–H groups in total. The topological polar surface area (TPSA) is 90.6 Å². The number of nitrogens with one attached hydrogen (secondary N) is 1. The van der Waals surface area contributed by atoms with E-state index in [2.05, 4.69) is 20.7 Å². The monoisotopic (exact) mass is 487 g/mol. The summed E-state index contributed by atoms with van der Waals surface area (Å²) in [6, 6.07) is 23.4. The van der Waals surface area contributed by atoms with E-state index in [0.29, 0.717) is 28.0 Å². The summed E-state index contributed by atoms with van der Waals surface area (Å²) >= 11 is 1.29. The largest absolute Gasteiger partial charge is 0.493 e. The molecule has 4 rings (SSSR count). The number of para-hydroxylation sites is 1. The number of hydrogen-bond donors (Lipinski definition) is 1. The number of hydrazone groups is 1. The summed E-state index contributed by atoms with van der Waals surface area (Å²) in [5, 5.41) is 13.4. The number of aromatic nitrogens is 3. The number of aryl methyl sites for hydroxylation is 1. The quantitative estimate of drug-likeness (QED) is 0.212. The van der Waals surface area contributed by atoms with Gasteiger partial charge in [0.15, 0.2) is 22.5 Å². The van der Waals surface area contributed by atoms with E-state index in [1.807, 2.05) is 78.2 Å². The van der Waals surface area contributed by atoms with Crippen molar-refractivity contribution in [2.24, 2.45) is 5.10 Å². The van der Waals surface area contributed by atoms with Gasteiger partial charge in [-0.1, -0.05) is 65.9 Å². The number of benzene rings is 3. The SMILES string of the molecule is COc1cccc(C=NNC(=O)CSc2nnc(-c3ccccc3)n2-c2ccc(C)cc2)c1OC. The number of hydrogen-bond acceptors (Lipinski definition) is 7. The molecule has 4 aromatic rings. The molecule has 0 fully saturated rings. The van der Waals surface area contributed by atoms with Gasteiger partial charge in [-0.05, 0) is 31.2 Å². The van der Waals surface area contributed by atoms with Gasteiger partial charge in [0.2, 0.25) is 0 Å². The van der Waals surface area contributed by atoms with Crippen LogP contribution in [-0.4, -0.2) is 46.9 Å². The minimum Gasteiger partial charge on any atom is -0.493 e. The Labute approximate surface area is 208 Å². The van der Waals surface area contributed by atoms with Crippen LogP contribution in [0, 0.1) is 6.92 Å². The number of nitrogens with zero attached hydrogens (tertiary/aromatic N) is 4. The highest BCUT2D eigenvalue weighted by Gasteiger charge is 2.17. The van der Waals surface area contributed by atoms with E-state index in [0.717, 1.165) is 16.8 Å². The fourth-order valence-corrected chi connectivity index (χ4v) is 4.16. The van der Waals surface area contributed by atoms with Gasteiger partial charge in [-0.15, -0.1) is 10.2 Å². The third kappa shape index (κ3) is 5.70. The first-order chi connectivity index (χ1) is 17.1. The molecule has 9 heteroatoms. The molecule has 0 aliphatic rings. The van der Waals surface area contributed by atoms with Crippen molar-refractivity contribution in [3.05, 3.63) is 83.9 Å². The average Bonchev–Trinajstić information content (AvgIpc) is 3.32. The molecule has 0 saturated heterocycles. The van der Waals surface area contributed by atoms with Crippen LogP contribution in [0.1, 0.15) is 11.1 Å². The minimum absolute atomic E-state index is 0.116. The molecule has 0 bridgehead atoms. The van der Waals surface area contributed by atoms with Crippen molar-refractivity contribution >= 4 is 23.9 Å². The molecule has 35 heavy (non-hydrogen) atoms. The van der Waals surface area contributed by atoms with Crippen LogP contribution in [0.2, 0.25) is 0 Å². The zero-order valence-electron chi connectivity index (χ0n) is 19.6. The number of carbonyl (C=O) groups excluding carboxylic acids is 1. The smallest absolute Gasteiger partial charge is 0.250 e. The fraction of sp³-hybridized carbons (Fsp3) is 0.154. The van der Waals surface area contributed by atoms with Crippen LogP contribution in [-0.2, 0) is 4.79 Å². The molecular weight excluding hydrogens is 462 g/mol. The van der Waals surface area contributed by atoms with E-state index in [1.165, 1.54) is 18.0 Å². The number of methoxy groups -OCH3 is 2. The Bertz CT molecular complexity index is 1320.